The monoisotopic (exact) mass is 289 g/mol. The van der Waals surface area contributed by atoms with Crippen molar-refractivity contribution < 1.29 is 4.92 Å². The molecule has 5 nitrogen and oxygen atoms in total. The highest BCUT2D eigenvalue weighted by atomic mass is 35.5. The predicted octanol–water partition coefficient (Wildman–Crippen LogP) is 2.83. The number of hydrogen-bond acceptors (Lipinski definition) is 4. The van der Waals surface area contributed by atoms with Gasteiger partial charge in [0.05, 0.1) is 15.0 Å². The Labute approximate surface area is 115 Å². The van der Waals surface area contributed by atoms with Crippen LogP contribution in [0.3, 0.4) is 0 Å². The lowest BCUT2D eigenvalue weighted by molar-refractivity contribution is -0.384. The van der Waals surface area contributed by atoms with Gasteiger partial charge in [0, 0.05) is 25.2 Å². The number of nitro benzene ring substituents is 1. The summed E-state index contributed by atoms with van der Waals surface area (Å²) >= 11 is 11.8. The fourth-order valence-electron chi connectivity index (χ4n) is 2.30. The molecular formula is C11H13Cl2N3O2. The molecule has 1 aromatic rings. The lowest BCUT2D eigenvalue weighted by Crippen LogP contribution is -2.35. The third-order valence-electron chi connectivity index (χ3n) is 3.17. The van der Waals surface area contributed by atoms with Crippen LogP contribution in [-0.4, -0.2) is 24.1 Å². The molecule has 1 atom stereocenters. The smallest absolute Gasteiger partial charge is 0.294 e. The molecule has 0 saturated carbocycles. The van der Waals surface area contributed by atoms with Crippen LogP contribution in [0.4, 0.5) is 11.4 Å². The minimum absolute atomic E-state index is 0.0234. The van der Waals surface area contributed by atoms with Gasteiger partial charge in [-0.1, -0.05) is 23.2 Å². The Kier molecular flexibility index (Phi) is 3.94. The Balaban J connectivity index is 2.48. The van der Waals surface area contributed by atoms with E-state index in [9.17, 15) is 10.1 Å². The highest BCUT2D eigenvalue weighted by molar-refractivity contribution is 6.42. The first-order valence-electron chi connectivity index (χ1n) is 5.64. The summed E-state index contributed by atoms with van der Waals surface area (Å²) in [6.45, 7) is 1.22. The number of benzene rings is 1. The molecule has 1 fully saturated rings. The molecule has 0 bridgehead atoms. The molecule has 98 valence electrons. The molecule has 1 aromatic carbocycles. The quantitative estimate of drug-likeness (QED) is 0.686. The summed E-state index contributed by atoms with van der Waals surface area (Å²) in [4.78, 5) is 12.6. The van der Waals surface area contributed by atoms with E-state index in [4.69, 9.17) is 28.9 Å². The summed E-state index contributed by atoms with van der Waals surface area (Å²) in [5, 5.41) is 11.6. The Hall–Kier alpha value is -1.04. The van der Waals surface area contributed by atoms with Gasteiger partial charge in [0.25, 0.3) is 5.69 Å². The zero-order chi connectivity index (χ0) is 13.3. The van der Waals surface area contributed by atoms with Crippen LogP contribution in [0.1, 0.15) is 12.8 Å². The molecule has 1 aliphatic rings. The van der Waals surface area contributed by atoms with Crippen molar-refractivity contribution in [2.75, 3.05) is 18.0 Å². The van der Waals surface area contributed by atoms with Gasteiger partial charge in [0.2, 0.25) is 0 Å². The van der Waals surface area contributed by atoms with Gasteiger partial charge in [0.15, 0.2) is 0 Å². The van der Waals surface area contributed by atoms with E-state index in [2.05, 4.69) is 0 Å². The van der Waals surface area contributed by atoms with Crippen LogP contribution in [0.5, 0.6) is 0 Å². The Bertz CT molecular complexity index is 482. The van der Waals surface area contributed by atoms with E-state index in [1.165, 1.54) is 6.07 Å². The van der Waals surface area contributed by atoms with E-state index in [1.54, 1.807) is 6.07 Å². The number of halogens is 2. The van der Waals surface area contributed by atoms with E-state index in [-0.39, 0.29) is 16.8 Å². The van der Waals surface area contributed by atoms with Gasteiger partial charge in [-0.15, -0.1) is 0 Å². The van der Waals surface area contributed by atoms with Gasteiger partial charge in [-0.2, -0.15) is 0 Å². The molecule has 0 radical (unpaired) electrons. The Morgan fingerprint density at radius 3 is 2.72 bits per heavy atom. The van der Waals surface area contributed by atoms with Crippen LogP contribution in [0.2, 0.25) is 10.0 Å². The number of anilines is 1. The second-order valence-electron chi connectivity index (χ2n) is 4.24. The summed E-state index contributed by atoms with van der Waals surface area (Å²) in [5.74, 6) is 0. The van der Waals surface area contributed by atoms with Crippen LogP contribution in [0.15, 0.2) is 12.1 Å². The minimum atomic E-state index is -0.441. The third-order valence-corrected chi connectivity index (χ3v) is 3.89. The van der Waals surface area contributed by atoms with Crippen molar-refractivity contribution in [3.8, 4) is 0 Å². The molecule has 0 spiro atoms. The number of hydrogen-bond donors (Lipinski definition) is 1. The van der Waals surface area contributed by atoms with E-state index < -0.39 is 4.92 Å². The zero-order valence-corrected chi connectivity index (χ0v) is 11.1. The maximum absolute atomic E-state index is 11.1. The summed E-state index contributed by atoms with van der Waals surface area (Å²) in [6.07, 6.45) is 1.91. The number of nitrogens with zero attached hydrogens (tertiary/aromatic N) is 2. The molecule has 2 N–H and O–H groups in total. The second-order valence-corrected chi connectivity index (χ2v) is 5.05. The largest absolute Gasteiger partial charge is 0.362 e. The highest BCUT2D eigenvalue weighted by Gasteiger charge is 2.29. The summed E-state index contributed by atoms with van der Waals surface area (Å²) in [7, 11) is 0. The molecule has 0 amide bonds. The predicted molar refractivity (Wildman–Crippen MR) is 72.5 cm³/mol. The fourth-order valence-corrected chi connectivity index (χ4v) is 2.62. The van der Waals surface area contributed by atoms with Crippen LogP contribution < -0.4 is 10.6 Å². The lowest BCUT2D eigenvalue weighted by Gasteiger charge is -2.25. The molecule has 0 aromatic heterocycles. The average molecular weight is 290 g/mol. The van der Waals surface area contributed by atoms with Gasteiger partial charge in [0.1, 0.15) is 5.69 Å². The zero-order valence-electron chi connectivity index (χ0n) is 9.60. The van der Waals surface area contributed by atoms with E-state index in [1.807, 2.05) is 4.90 Å². The van der Waals surface area contributed by atoms with Gasteiger partial charge < -0.3 is 10.6 Å². The van der Waals surface area contributed by atoms with E-state index in [0.29, 0.717) is 17.3 Å². The van der Waals surface area contributed by atoms with Crippen molar-refractivity contribution in [2.24, 2.45) is 5.73 Å². The van der Waals surface area contributed by atoms with Crippen molar-refractivity contribution >= 4 is 34.6 Å². The van der Waals surface area contributed by atoms with Crippen molar-refractivity contribution in [3.05, 3.63) is 32.3 Å². The Morgan fingerprint density at radius 1 is 1.44 bits per heavy atom. The summed E-state index contributed by atoms with van der Waals surface area (Å²) in [6, 6.07) is 2.97. The van der Waals surface area contributed by atoms with Gasteiger partial charge >= 0.3 is 0 Å². The third kappa shape index (κ3) is 2.39. The lowest BCUT2D eigenvalue weighted by atomic mass is 10.2. The van der Waals surface area contributed by atoms with Crippen molar-refractivity contribution in [2.45, 2.75) is 18.9 Å². The van der Waals surface area contributed by atoms with Crippen LogP contribution >= 0.6 is 23.2 Å². The first-order chi connectivity index (χ1) is 8.54. The standard InChI is InChI=1S/C11H13Cl2N3O2/c12-8-4-10(11(16(17)18)5-9(8)13)15-3-1-2-7(15)6-14/h4-5,7H,1-3,6,14H2. The maximum atomic E-state index is 11.1. The van der Waals surface area contributed by atoms with Crippen LogP contribution in [0.25, 0.3) is 0 Å². The molecule has 1 unspecified atom stereocenters. The van der Waals surface area contributed by atoms with Gasteiger partial charge in [-0.3, -0.25) is 10.1 Å². The van der Waals surface area contributed by atoms with E-state index in [0.717, 1.165) is 19.4 Å². The Morgan fingerprint density at radius 2 is 2.11 bits per heavy atom. The SMILES string of the molecule is NCC1CCCN1c1cc(Cl)c(Cl)cc1[N+](=O)[O-]. The van der Waals surface area contributed by atoms with Crippen molar-refractivity contribution in [1.29, 1.82) is 0 Å². The number of nitro groups is 1. The molecule has 18 heavy (non-hydrogen) atoms. The number of nitrogens with two attached hydrogens (primary N) is 1. The van der Waals surface area contributed by atoms with Gasteiger partial charge in [-0.25, -0.2) is 0 Å². The molecule has 7 heteroatoms. The summed E-state index contributed by atoms with van der Waals surface area (Å²) in [5.41, 5.74) is 6.16. The minimum Gasteiger partial charge on any atom is -0.362 e. The first-order valence-corrected chi connectivity index (χ1v) is 6.40. The molecule has 1 aliphatic heterocycles. The maximum Gasteiger partial charge on any atom is 0.294 e. The molecule has 2 rings (SSSR count). The molecule has 1 saturated heterocycles. The topological polar surface area (TPSA) is 72.4 Å². The molecule has 0 aliphatic carbocycles. The average Bonchev–Trinajstić information content (AvgIpc) is 2.79. The summed E-state index contributed by atoms with van der Waals surface area (Å²) < 4.78 is 0. The van der Waals surface area contributed by atoms with Gasteiger partial charge in [-0.05, 0) is 18.9 Å². The molecule has 1 heterocycles. The van der Waals surface area contributed by atoms with Crippen LogP contribution in [-0.2, 0) is 0 Å². The number of rotatable bonds is 3. The second kappa shape index (κ2) is 5.30. The van der Waals surface area contributed by atoms with Crippen molar-refractivity contribution in [3.63, 3.8) is 0 Å². The van der Waals surface area contributed by atoms with Crippen LogP contribution in [0, 0.1) is 10.1 Å². The fraction of sp³-hybridized carbons (Fsp3) is 0.455. The first kappa shape index (κ1) is 13.4. The highest BCUT2D eigenvalue weighted by Crippen LogP contribution is 2.38. The normalized spacial score (nSPS) is 19.3. The van der Waals surface area contributed by atoms with Crippen molar-refractivity contribution in [1.82, 2.24) is 0 Å². The van der Waals surface area contributed by atoms with E-state index >= 15 is 0 Å². The molecular weight excluding hydrogens is 277 g/mol.